The fraction of sp³-hybridized carbons (Fsp3) is 0.350. The van der Waals surface area contributed by atoms with Gasteiger partial charge in [0.15, 0.2) is 0 Å². The average Bonchev–Trinajstić information content (AvgIpc) is 3.30. The molecule has 0 bridgehead atoms. The highest BCUT2D eigenvalue weighted by Gasteiger charge is 2.27. The predicted octanol–water partition coefficient (Wildman–Crippen LogP) is 2.46. The zero-order chi connectivity index (χ0) is 20.0. The first kappa shape index (κ1) is 17.6. The van der Waals surface area contributed by atoms with Gasteiger partial charge in [0, 0.05) is 18.0 Å². The zero-order valence-electron chi connectivity index (χ0n) is 15.8. The van der Waals surface area contributed by atoms with Gasteiger partial charge in [-0.15, -0.1) is 5.10 Å². The van der Waals surface area contributed by atoms with Crippen molar-refractivity contribution in [1.29, 1.82) is 5.26 Å². The largest absolute Gasteiger partial charge is 0.434 e. The first-order valence-corrected chi connectivity index (χ1v) is 9.48. The van der Waals surface area contributed by atoms with Crippen molar-refractivity contribution in [3.05, 3.63) is 52.2 Å². The van der Waals surface area contributed by atoms with Crippen LogP contribution in [0.2, 0.25) is 0 Å². The van der Waals surface area contributed by atoms with Crippen LogP contribution in [0.4, 0.5) is 0 Å². The molecule has 0 radical (unpaired) electrons. The van der Waals surface area contributed by atoms with E-state index in [9.17, 15) is 10.1 Å². The van der Waals surface area contributed by atoms with E-state index in [-0.39, 0.29) is 24.5 Å². The van der Waals surface area contributed by atoms with Crippen LogP contribution in [0, 0.1) is 11.3 Å². The molecule has 0 saturated carbocycles. The normalized spacial score (nSPS) is 19.6. The Bertz CT molecular complexity index is 1310. The number of nitriles is 1. The minimum atomic E-state index is -0.590. The number of nitrogens with zero attached hydrogens (tertiary/aromatic N) is 5. The van der Waals surface area contributed by atoms with Gasteiger partial charge in [-0.1, -0.05) is 0 Å². The van der Waals surface area contributed by atoms with Crippen molar-refractivity contribution >= 4 is 21.9 Å². The van der Waals surface area contributed by atoms with E-state index in [4.69, 9.17) is 14.1 Å². The second-order valence-corrected chi connectivity index (χ2v) is 7.28. The topological polar surface area (TPSA) is 123 Å². The number of H-pyrrole nitrogens is 1. The van der Waals surface area contributed by atoms with E-state index in [0.29, 0.717) is 12.2 Å². The summed E-state index contributed by atoms with van der Waals surface area (Å²) in [5.74, 6) is 0.431. The lowest BCUT2D eigenvalue weighted by atomic mass is 10.0. The minimum absolute atomic E-state index is 0.130. The smallest absolute Gasteiger partial charge is 0.392 e. The number of imidazole rings is 1. The molecule has 1 aliphatic heterocycles. The van der Waals surface area contributed by atoms with Gasteiger partial charge < -0.3 is 13.7 Å². The van der Waals surface area contributed by atoms with Crippen LogP contribution in [0.5, 0.6) is 0 Å². The Kier molecular flexibility index (Phi) is 4.14. The highest BCUT2D eigenvalue weighted by Crippen LogP contribution is 2.34. The van der Waals surface area contributed by atoms with E-state index < -0.39 is 5.76 Å². The van der Waals surface area contributed by atoms with Crippen LogP contribution in [0.25, 0.3) is 21.9 Å². The SMILES string of the molecule is C[C@@H]1C[C@H](n2c(Cc3n[nH]c(=O)o3)nc3cnc4ccc(C#N)cc4c32)CCO1. The summed E-state index contributed by atoms with van der Waals surface area (Å²) in [6.07, 6.45) is 3.83. The van der Waals surface area contributed by atoms with E-state index >= 15 is 0 Å². The van der Waals surface area contributed by atoms with E-state index in [2.05, 4.69) is 32.7 Å². The van der Waals surface area contributed by atoms with Crippen molar-refractivity contribution in [2.24, 2.45) is 0 Å². The first-order chi connectivity index (χ1) is 14.1. The third-order valence-corrected chi connectivity index (χ3v) is 5.33. The quantitative estimate of drug-likeness (QED) is 0.570. The lowest BCUT2D eigenvalue weighted by Gasteiger charge is -2.30. The summed E-state index contributed by atoms with van der Waals surface area (Å²) < 4.78 is 13.0. The molecule has 2 atom stereocenters. The lowest BCUT2D eigenvalue weighted by molar-refractivity contribution is 0.00628. The van der Waals surface area contributed by atoms with Crippen molar-refractivity contribution in [1.82, 2.24) is 24.7 Å². The molecule has 9 nitrogen and oxygen atoms in total. The highest BCUT2D eigenvalue weighted by atomic mass is 16.5. The number of nitrogens with one attached hydrogen (secondary N) is 1. The van der Waals surface area contributed by atoms with Crippen molar-refractivity contribution in [2.45, 2.75) is 38.3 Å². The lowest BCUT2D eigenvalue weighted by Crippen LogP contribution is -2.26. The van der Waals surface area contributed by atoms with Crippen LogP contribution < -0.4 is 5.76 Å². The third kappa shape index (κ3) is 3.07. The molecule has 4 heterocycles. The van der Waals surface area contributed by atoms with Gasteiger partial charge in [0.2, 0.25) is 5.89 Å². The van der Waals surface area contributed by atoms with E-state index in [1.807, 2.05) is 12.1 Å². The predicted molar refractivity (Wildman–Crippen MR) is 103 cm³/mol. The van der Waals surface area contributed by atoms with Gasteiger partial charge in [0.1, 0.15) is 11.3 Å². The van der Waals surface area contributed by atoms with Crippen LogP contribution in [-0.2, 0) is 11.2 Å². The Labute approximate surface area is 164 Å². The summed E-state index contributed by atoms with van der Waals surface area (Å²) >= 11 is 0. The van der Waals surface area contributed by atoms with Gasteiger partial charge >= 0.3 is 5.76 Å². The molecular weight excluding hydrogens is 372 g/mol. The Morgan fingerprint density at radius 1 is 1.38 bits per heavy atom. The Balaban J connectivity index is 1.76. The van der Waals surface area contributed by atoms with Crippen LogP contribution in [0.1, 0.15) is 43.1 Å². The van der Waals surface area contributed by atoms with Crippen molar-refractivity contribution in [2.75, 3.05) is 6.61 Å². The number of aromatic amines is 1. The molecule has 5 rings (SSSR count). The van der Waals surface area contributed by atoms with Crippen molar-refractivity contribution < 1.29 is 9.15 Å². The van der Waals surface area contributed by atoms with Crippen LogP contribution in [-0.4, -0.2) is 37.4 Å². The molecule has 0 unspecified atom stereocenters. The minimum Gasteiger partial charge on any atom is -0.392 e. The van der Waals surface area contributed by atoms with Gasteiger partial charge in [-0.25, -0.2) is 14.9 Å². The van der Waals surface area contributed by atoms with E-state index in [0.717, 1.165) is 40.6 Å². The monoisotopic (exact) mass is 390 g/mol. The molecule has 9 heteroatoms. The number of ether oxygens (including phenoxy) is 1. The van der Waals surface area contributed by atoms with Gasteiger partial charge in [0.05, 0.1) is 41.4 Å². The fourth-order valence-electron chi connectivity index (χ4n) is 4.09. The summed E-state index contributed by atoms with van der Waals surface area (Å²) in [5.41, 5.74) is 3.04. The average molecular weight is 390 g/mol. The van der Waals surface area contributed by atoms with Crippen molar-refractivity contribution in [3.63, 3.8) is 0 Å². The molecule has 1 aliphatic rings. The maximum Gasteiger partial charge on any atom is 0.434 e. The molecule has 29 heavy (non-hydrogen) atoms. The standard InChI is InChI=1S/C20H18N6O3/c1-11-6-13(4-5-28-11)26-17(8-18-24-25-20(27)29-18)23-16-10-22-15-3-2-12(9-21)7-14(15)19(16)26/h2-3,7,10-11,13H,4-6,8H2,1H3,(H,25,27)/t11-,13-/m1/s1. The zero-order valence-corrected chi connectivity index (χ0v) is 15.8. The molecule has 0 amide bonds. The second-order valence-electron chi connectivity index (χ2n) is 7.28. The Morgan fingerprint density at radius 3 is 3.03 bits per heavy atom. The third-order valence-electron chi connectivity index (χ3n) is 5.33. The van der Waals surface area contributed by atoms with E-state index in [1.165, 1.54) is 0 Å². The van der Waals surface area contributed by atoms with Crippen LogP contribution in [0.15, 0.2) is 33.6 Å². The van der Waals surface area contributed by atoms with Crippen LogP contribution in [0.3, 0.4) is 0 Å². The molecule has 4 aromatic rings. The molecule has 1 N–H and O–H groups in total. The number of benzene rings is 1. The van der Waals surface area contributed by atoms with Crippen LogP contribution >= 0.6 is 0 Å². The maximum atomic E-state index is 11.4. The van der Waals surface area contributed by atoms with Gasteiger partial charge in [0.25, 0.3) is 0 Å². The molecule has 1 aromatic carbocycles. The molecule has 146 valence electrons. The summed E-state index contributed by atoms with van der Waals surface area (Å²) in [6, 6.07) is 7.83. The highest BCUT2D eigenvalue weighted by molar-refractivity contribution is 6.02. The first-order valence-electron chi connectivity index (χ1n) is 9.48. The molecule has 1 saturated heterocycles. The number of rotatable bonds is 3. The summed E-state index contributed by atoms with van der Waals surface area (Å²) in [6.45, 7) is 2.72. The fourth-order valence-corrected chi connectivity index (χ4v) is 4.09. The summed E-state index contributed by atoms with van der Waals surface area (Å²) in [4.78, 5) is 20.6. The summed E-state index contributed by atoms with van der Waals surface area (Å²) in [5, 5.41) is 16.5. The molecule has 3 aromatic heterocycles. The molecule has 0 aliphatic carbocycles. The molecule has 0 spiro atoms. The van der Waals surface area contributed by atoms with Gasteiger partial charge in [-0.3, -0.25) is 4.98 Å². The van der Waals surface area contributed by atoms with Gasteiger partial charge in [-0.05, 0) is 38.0 Å². The number of hydrogen-bond acceptors (Lipinski definition) is 7. The molecular formula is C20H18N6O3. The number of fused-ring (bicyclic) bond motifs is 3. The summed E-state index contributed by atoms with van der Waals surface area (Å²) in [7, 11) is 0. The second kappa shape index (κ2) is 6.83. The number of pyridine rings is 1. The number of aromatic nitrogens is 5. The number of hydrogen-bond donors (Lipinski definition) is 1. The van der Waals surface area contributed by atoms with Crippen molar-refractivity contribution in [3.8, 4) is 6.07 Å². The van der Waals surface area contributed by atoms with Gasteiger partial charge in [-0.2, -0.15) is 5.26 Å². The maximum absolute atomic E-state index is 11.4. The molecule has 1 fully saturated rings. The van der Waals surface area contributed by atoms with E-state index in [1.54, 1.807) is 12.3 Å². The Hall–Kier alpha value is -3.51. The Morgan fingerprint density at radius 2 is 2.28 bits per heavy atom.